The van der Waals surface area contributed by atoms with Gasteiger partial charge in [0.15, 0.2) is 5.78 Å². The third-order valence-electron chi connectivity index (χ3n) is 6.04. The third kappa shape index (κ3) is 4.42. The molecule has 0 amide bonds. The van der Waals surface area contributed by atoms with Crippen molar-refractivity contribution in [1.29, 1.82) is 0 Å². The first-order valence-corrected chi connectivity index (χ1v) is 11.5. The molecule has 5 nitrogen and oxygen atoms in total. The maximum Gasteiger partial charge on any atom is 0.331 e. The van der Waals surface area contributed by atoms with Crippen LogP contribution in [0.25, 0.3) is 21.8 Å². The van der Waals surface area contributed by atoms with Crippen LogP contribution in [0.3, 0.4) is 0 Å². The van der Waals surface area contributed by atoms with Gasteiger partial charge in [0, 0.05) is 52.0 Å². The number of nitrogens with zero attached hydrogens (tertiary/aromatic N) is 2. The van der Waals surface area contributed by atoms with Crippen LogP contribution in [0, 0.1) is 6.92 Å². The Bertz CT molecular complexity index is 1440. The Hall–Kier alpha value is -3.99. The number of carbonyl (C=O) groups is 2. The van der Waals surface area contributed by atoms with E-state index in [1.54, 1.807) is 0 Å². The van der Waals surface area contributed by atoms with E-state index in [1.165, 1.54) is 6.92 Å². The average Bonchev–Trinajstić information content (AvgIpc) is 3.16. The predicted octanol–water partition coefficient (Wildman–Crippen LogP) is 6.59. The lowest BCUT2D eigenvalue weighted by Crippen LogP contribution is -2.04. The van der Waals surface area contributed by atoms with Gasteiger partial charge in [-0.25, -0.2) is 4.79 Å². The lowest BCUT2D eigenvalue weighted by molar-refractivity contribution is -0.140. The molecule has 0 aliphatic heterocycles. The Morgan fingerprint density at radius 2 is 1.65 bits per heavy atom. The van der Waals surface area contributed by atoms with Crippen LogP contribution in [0.5, 0.6) is 0 Å². The summed E-state index contributed by atoms with van der Waals surface area (Å²) in [5.41, 5.74) is 6.03. The van der Waals surface area contributed by atoms with Crippen LogP contribution in [0.2, 0.25) is 0 Å². The first-order valence-electron chi connectivity index (χ1n) is 11.5. The highest BCUT2D eigenvalue weighted by Crippen LogP contribution is 2.32. The second-order valence-corrected chi connectivity index (χ2v) is 8.30. The lowest BCUT2D eigenvalue weighted by atomic mass is 9.97. The molecule has 0 unspecified atom stereocenters. The molecule has 0 saturated carbocycles. The number of rotatable bonds is 8. The van der Waals surface area contributed by atoms with E-state index in [1.807, 2.05) is 61.5 Å². The zero-order valence-electron chi connectivity index (χ0n) is 19.8. The van der Waals surface area contributed by atoms with E-state index >= 15 is 0 Å². The molecular weight excluding hydrogens is 424 g/mol. The minimum Gasteiger partial charge on any atom is -0.341 e. The van der Waals surface area contributed by atoms with Crippen LogP contribution < -0.4 is 0 Å². The number of allylic oxidation sites excluding steroid dienone is 1. The molecule has 0 bridgehead atoms. The number of aryl methyl sites for hydroxylation is 2. The number of fused-ring (bicyclic) bond motifs is 3. The topological polar surface area (TPSA) is 60.7 Å². The minimum atomic E-state index is -0.459. The summed E-state index contributed by atoms with van der Waals surface area (Å²) in [6, 6.07) is 19.7. The molecule has 0 aliphatic carbocycles. The molecule has 0 N–H and O–H groups in total. The Morgan fingerprint density at radius 1 is 1.00 bits per heavy atom. The first kappa shape index (κ1) is 23.2. The zero-order valence-corrected chi connectivity index (χ0v) is 19.8. The predicted molar refractivity (Wildman–Crippen MR) is 137 cm³/mol. The largest absolute Gasteiger partial charge is 0.341 e. The number of carbonyl (C=O) groups excluding carboxylic acids is 2. The van der Waals surface area contributed by atoms with Gasteiger partial charge in [-0.15, -0.1) is 6.58 Å². The van der Waals surface area contributed by atoms with Crippen LogP contribution in [-0.2, 0) is 16.2 Å². The monoisotopic (exact) mass is 452 g/mol. The van der Waals surface area contributed by atoms with Crippen LogP contribution in [0.15, 0.2) is 78.5 Å². The van der Waals surface area contributed by atoms with Crippen LogP contribution in [0.4, 0.5) is 0 Å². The summed E-state index contributed by atoms with van der Waals surface area (Å²) in [6.45, 7) is 9.98. The van der Waals surface area contributed by atoms with Gasteiger partial charge in [-0.3, -0.25) is 4.79 Å². The van der Waals surface area contributed by atoms with Gasteiger partial charge in [0.1, 0.15) is 0 Å². The number of ketones is 1. The van der Waals surface area contributed by atoms with Crippen molar-refractivity contribution in [2.45, 2.75) is 40.2 Å². The highest BCUT2D eigenvalue weighted by Gasteiger charge is 2.17. The van der Waals surface area contributed by atoms with E-state index in [0.29, 0.717) is 29.7 Å². The number of aromatic nitrogens is 1. The van der Waals surface area contributed by atoms with Crippen molar-refractivity contribution in [3.8, 4) is 0 Å². The summed E-state index contributed by atoms with van der Waals surface area (Å²) >= 11 is 0. The maximum atomic E-state index is 13.3. The molecule has 34 heavy (non-hydrogen) atoms. The fraction of sp³-hybridized carbons (Fsp3) is 0.207. The van der Waals surface area contributed by atoms with Gasteiger partial charge in [-0.2, -0.15) is 0 Å². The van der Waals surface area contributed by atoms with Crippen molar-refractivity contribution in [3.63, 3.8) is 0 Å². The summed E-state index contributed by atoms with van der Waals surface area (Å²) in [5.74, 6) is -0.448. The zero-order chi connectivity index (χ0) is 24.2. The number of benzene rings is 3. The Balaban J connectivity index is 1.88. The van der Waals surface area contributed by atoms with E-state index in [2.05, 4.69) is 35.4 Å². The van der Waals surface area contributed by atoms with Gasteiger partial charge >= 0.3 is 5.97 Å². The normalized spacial score (nSPS) is 11.7. The molecule has 1 heterocycles. The Morgan fingerprint density at radius 3 is 2.26 bits per heavy atom. The van der Waals surface area contributed by atoms with Crippen molar-refractivity contribution in [1.82, 2.24) is 4.57 Å². The van der Waals surface area contributed by atoms with E-state index in [0.717, 1.165) is 39.5 Å². The SMILES string of the molecule is C=CCCC(=NOC(C)=O)c1ccc2c(c1)c1cc(C(=O)c3ccccc3C)ccc1n2CC. The first-order chi connectivity index (χ1) is 16.4. The van der Waals surface area contributed by atoms with Gasteiger partial charge in [-0.1, -0.05) is 41.6 Å². The molecule has 172 valence electrons. The lowest BCUT2D eigenvalue weighted by Gasteiger charge is -2.07. The van der Waals surface area contributed by atoms with E-state index in [4.69, 9.17) is 4.84 Å². The Kier molecular flexibility index (Phi) is 6.73. The quantitative estimate of drug-likeness (QED) is 0.0996. The fourth-order valence-corrected chi connectivity index (χ4v) is 4.35. The summed E-state index contributed by atoms with van der Waals surface area (Å²) in [4.78, 5) is 29.6. The maximum absolute atomic E-state index is 13.3. The molecule has 0 aliphatic rings. The molecule has 1 aromatic heterocycles. The standard InChI is InChI=1S/C29H28N2O3/c1-5-7-12-26(30-34-20(4)32)21-13-15-27-24(17-21)25-18-22(14-16-28(25)31(27)6-2)29(33)23-11-9-8-10-19(23)3/h5,8-11,13-18H,1,6-7,12H2,2-4H3. The summed E-state index contributed by atoms with van der Waals surface area (Å²) in [6.07, 6.45) is 3.13. The second kappa shape index (κ2) is 9.87. The van der Waals surface area contributed by atoms with Crippen LogP contribution in [-0.4, -0.2) is 22.0 Å². The molecule has 5 heteroatoms. The van der Waals surface area contributed by atoms with Crippen molar-refractivity contribution in [2.24, 2.45) is 5.16 Å². The van der Waals surface area contributed by atoms with E-state index < -0.39 is 5.97 Å². The molecule has 0 spiro atoms. The van der Waals surface area contributed by atoms with Gasteiger partial charge in [0.2, 0.25) is 0 Å². The second-order valence-electron chi connectivity index (χ2n) is 8.30. The highest BCUT2D eigenvalue weighted by molar-refractivity contribution is 6.16. The van der Waals surface area contributed by atoms with Gasteiger partial charge in [0.25, 0.3) is 0 Å². The van der Waals surface area contributed by atoms with Crippen molar-refractivity contribution in [3.05, 3.63) is 95.6 Å². The molecule has 0 saturated heterocycles. The molecule has 3 aromatic carbocycles. The molecule has 4 rings (SSSR count). The van der Waals surface area contributed by atoms with Gasteiger partial charge in [-0.05, 0) is 62.6 Å². The van der Waals surface area contributed by atoms with Crippen molar-refractivity contribution < 1.29 is 14.4 Å². The fourth-order valence-electron chi connectivity index (χ4n) is 4.35. The summed E-state index contributed by atoms with van der Waals surface area (Å²) in [5, 5.41) is 6.14. The van der Waals surface area contributed by atoms with E-state index in [-0.39, 0.29) is 5.78 Å². The minimum absolute atomic E-state index is 0.0108. The van der Waals surface area contributed by atoms with Gasteiger partial charge < -0.3 is 9.40 Å². The molecular formula is C29H28N2O3. The van der Waals surface area contributed by atoms with Crippen molar-refractivity contribution >= 4 is 39.3 Å². The summed E-state index contributed by atoms with van der Waals surface area (Å²) in [7, 11) is 0. The molecule has 0 atom stereocenters. The van der Waals surface area contributed by atoms with Crippen LogP contribution >= 0.6 is 0 Å². The molecule has 0 radical (unpaired) electrons. The average molecular weight is 453 g/mol. The number of hydrogen-bond acceptors (Lipinski definition) is 4. The third-order valence-corrected chi connectivity index (χ3v) is 6.04. The molecule has 0 fully saturated rings. The molecule has 4 aromatic rings. The Labute approximate surface area is 199 Å². The van der Waals surface area contributed by atoms with E-state index in [9.17, 15) is 9.59 Å². The van der Waals surface area contributed by atoms with Gasteiger partial charge in [0.05, 0.1) is 5.71 Å². The smallest absolute Gasteiger partial charge is 0.331 e. The highest BCUT2D eigenvalue weighted by atomic mass is 16.7. The van der Waals surface area contributed by atoms with Crippen LogP contribution in [0.1, 0.15) is 53.7 Å². The summed E-state index contributed by atoms with van der Waals surface area (Å²) < 4.78 is 2.24. The van der Waals surface area contributed by atoms with Crippen molar-refractivity contribution in [2.75, 3.05) is 0 Å². The number of hydrogen-bond donors (Lipinski definition) is 0. The number of oxime groups is 1.